The van der Waals surface area contributed by atoms with E-state index in [0.717, 1.165) is 0 Å². The SMILES string of the molecule is CN1[C]N2C=CC=CC2=C1.[Cl][Au]. The molecule has 0 spiro atoms. The van der Waals surface area contributed by atoms with Gasteiger partial charge in [-0.2, -0.15) is 0 Å². The number of hydrogen-bond donors (Lipinski definition) is 0. The summed E-state index contributed by atoms with van der Waals surface area (Å²) in [5.41, 5.74) is 1.17. The normalized spacial score (nSPS) is 18.5. The first-order valence-electron chi connectivity index (χ1n) is 3.33. The van der Waals surface area contributed by atoms with E-state index in [4.69, 9.17) is 0 Å². The predicted molar refractivity (Wildman–Crippen MR) is 45.1 cm³/mol. The van der Waals surface area contributed by atoms with Crippen LogP contribution in [0, 0.1) is 6.67 Å². The first-order valence-corrected chi connectivity index (χ1v) is 6.01. The molecular formula is C8H8AuClN2. The summed E-state index contributed by atoms with van der Waals surface area (Å²) in [6, 6.07) is 0. The third kappa shape index (κ3) is 2.17. The Balaban J connectivity index is 0.000000336. The monoisotopic (exact) mass is 364 g/mol. The summed E-state index contributed by atoms with van der Waals surface area (Å²) in [6.45, 7) is 3.09. The van der Waals surface area contributed by atoms with Gasteiger partial charge in [-0.25, -0.2) is 0 Å². The van der Waals surface area contributed by atoms with Crippen LogP contribution < -0.4 is 0 Å². The number of rotatable bonds is 0. The minimum absolute atomic E-state index is 1.17. The molecule has 0 bridgehead atoms. The van der Waals surface area contributed by atoms with Gasteiger partial charge in [0, 0.05) is 19.4 Å². The molecule has 68 valence electrons. The van der Waals surface area contributed by atoms with Crippen LogP contribution in [-0.4, -0.2) is 16.8 Å². The Hall–Kier alpha value is -0.150. The Morgan fingerprint density at radius 1 is 1.42 bits per heavy atom. The molecule has 2 aliphatic rings. The molecular weight excluding hydrogens is 357 g/mol. The molecule has 4 heteroatoms. The third-order valence-corrected chi connectivity index (χ3v) is 1.48. The van der Waals surface area contributed by atoms with Gasteiger partial charge in [-0.05, 0) is 12.2 Å². The van der Waals surface area contributed by atoms with E-state index < -0.39 is 0 Å². The molecule has 2 aliphatic heterocycles. The second kappa shape index (κ2) is 4.77. The number of fused-ring (bicyclic) bond motifs is 1. The van der Waals surface area contributed by atoms with E-state index in [9.17, 15) is 0 Å². The molecule has 0 aromatic carbocycles. The zero-order valence-electron chi connectivity index (χ0n) is 6.46. The van der Waals surface area contributed by atoms with Gasteiger partial charge >= 0.3 is 29.2 Å². The predicted octanol–water partition coefficient (Wildman–Crippen LogP) is 1.84. The van der Waals surface area contributed by atoms with Crippen molar-refractivity contribution in [3.8, 4) is 0 Å². The average Bonchev–Trinajstić information content (AvgIpc) is 2.48. The van der Waals surface area contributed by atoms with Gasteiger partial charge in [-0.1, -0.05) is 6.08 Å². The van der Waals surface area contributed by atoms with Crippen molar-refractivity contribution < 1.29 is 20.0 Å². The van der Waals surface area contributed by atoms with Crippen LogP contribution in [0.4, 0.5) is 0 Å². The molecule has 0 fully saturated rings. The molecule has 0 saturated heterocycles. The first-order chi connectivity index (χ1) is 5.86. The topological polar surface area (TPSA) is 6.48 Å². The van der Waals surface area contributed by atoms with Gasteiger partial charge in [-0.3, -0.25) is 0 Å². The summed E-state index contributed by atoms with van der Waals surface area (Å²) >= 11 is 1.75. The van der Waals surface area contributed by atoms with Crippen LogP contribution in [0.25, 0.3) is 0 Å². The van der Waals surface area contributed by atoms with Crippen LogP contribution in [0.1, 0.15) is 0 Å². The summed E-state index contributed by atoms with van der Waals surface area (Å²) in [7, 11) is 6.55. The summed E-state index contributed by atoms with van der Waals surface area (Å²) in [4.78, 5) is 3.87. The van der Waals surface area contributed by atoms with Crippen molar-refractivity contribution in [2.24, 2.45) is 0 Å². The van der Waals surface area contributed by atoms with Gasteiger partial charge in [0.05, 0.1) is 5.70 Å². The summed E-state index contributed by atoms with van der Waals surface area (Å²) in [5.74, 6) is 0. The Labute approximate surface area is 88.9 Å². The molecule has 2 nitrogen and oxygen atoms in total. The Bertz CT molecular complexity index is 235. The van der Waals surface area contributed by atoms with Crippen molar-refractivity contribution in [3.63, 3.8) is 0 Å². The van der Waals surface area contributed by atoms with Crippen molar-refractivity contribution in [1.29, 1.82) is 0 Å². The Morgan fingerprint density at radius 3 is 2.83 bits per heavy atom. The first kappa shape index (κ1) is 9.93. The van der Waals surface area contributed by atoms with E-state index >= 15 is 0 Å². The van der Waals surface area contributed by atoms with E-state index in [-0.39, 0.29) is 0 Å². The van der Waals surface area contributed by atoms with Gasteiger partial charge in [0.2, 0.25) is 6.67 Å². The Morgan fingerprint density at radius 2 is 2.17 bits per heavy atom. The number of hydrogen-bond acceptors (Lipinski definition) is 2. The molecule has 0 aliphatic carbocycles. The van der Waals surface area contributed by atoms with Crippen LogP contribution >= 0.6 is 9.19 Å². The van der Waals surface area contributed by atoms with Gasteiger partial charge in [0.15, 0.2) is 0 Å². The van der Waals surface area contributed by atoms with E-state index in [0.29, 0.717) is 0 Å². The van der Waals surface area contributed by atoms with Crippen LogP contribution in [0.2, 0.25) is 0 Å². The minimum atomic E-state index is 1.17. The molecule has 0 atom stereocenters. The number of allylic oxidation sites excluding steroid dienone is 3. The molecule has 2 rings (SSSR count). The average molecular weight is 365 g/mol. The molecule has 12 heavy (non-hydrogen) atoms. The van der Waals surface area contributed by atoms with Gasteiger partial charge in [0.25, 0.3) is 0 Å². The molecule has 0 saturated carbocycles. The fourth-order valence-electron chi connectivity index (χ4n) is 1.05. The Kier molecular flexibility index (Phi) is 3.95. The van der Waals surface area contributed by atoms with Gasteiger partial charge < -0.3 is 9.80 Å². The van der Waals surface area contributed by atoms with Crippen molar-refractivity contribution in [2.75, 3.05) is 7.05 Å². The summed E-state index contributed by atoms with van der Waals surface area (Å²) < 4.78 is 0. The van der Waals surface area contributed by atoms with E-state index in [2.05, 4.69) is 21.9 Å². The van der Waals surface area contributed by atoms with Crippen molar-refractivity contribution in [1.82, 2.24) is 9.80 Å². The standard InChI is InChI=1S/C8H8N2.Au.ClH/c1-9-6-8-4-2-3-5-10(8)7-9;;/h2-6H,1H3;;1H/q;+1;/p-1. The molecule has 0 aromatic heterocycles. The van der Waals surface area contributed by atoms with E-state index in [1.165, 1.54) is 5.70 Å². The quantitative estimate of drug-likeness (QED) is 0.605. The van der Waals surface area contributed by atoms with Crippen LogP contribution in [0.3, 0.4) is 0 Å². The van der Waals surface area contributed by atoms with Crippen molar-refractivity contribution in [2.45, 2.75) is 0 Å². The summed E-state index contributed by atoms with van der Waals surface area (Å²) in [6.07, 6.45) is 10.1. The third-order valence-electron chi connectivity index (χ3n) is 1.48. The zero-order chi connectivity index (χ0) is 8.97. The van der Waals surface area contributed by atoms with Crippen LogP contribution in [-0.2, 0) is 20.0 Å². The molecule has 0 N–H and O–H groups in total. The maximum absolute atomic E-state index is 4.58. The zero-order valence-corrected chi connectivity index (χ0v) is 9.38. The fourth-order valence-corrected chi connectivity index (χ4v) is 1.05. The van der Waals surface area contributed by atoms with Crippen LogP contribution in [0.5, 0.6) is 0 Å². The molecule has 0 unspecified atom stereocenters. The number of nitrogens with zero attached hydrogens (tertiary/aromatic N) is 2. The van der Waals surface area contributed by atoms with Crippen molar-refractivity contribution in [3.05, 3.63) is 43.0 Å². The van der Waals surface area contributed by atoms with E-state index in [1.54, 1.807) is 20.0 Å². The second-order valence-corrected chi connectivity index (χ2v) is 2.34. The van der Waals surface area contributed by atoms with E-state index in [1.807, 2.05) is 41.4 Å². The van der Waals surface area contributed by atoms with Gasteiger partial charge in [0.1, 0.15) is 0 Å². The molecule has 0 aromatic rings. The molecule has 0 amide bonds. The van der Waals surface area contributed by atoms with Crippen LogP contribution in [0.15, 0.2) is 36.3 Å². The molecule has 2 radical (unpaired) electrons. The number of halogens is 1. The second-order valence-electron chi connectivity index (χ2n) is 2.34. The summed E-state index contributed by atoms with van der Waals surface area (Å²) in [5, 5.41) is 0. The van der Waals surface area contributed by atoms with Gasteiger partial charge in [-0.15, -0.1) is 0 Å². The maximum atomic E-state index is 4.58. The molecule has 2 heterocycles. The fraction of sp³-hybridized carbons (Fsp3) is 0.125. The van der Waals surface area contributed by atoms with Crippen molar-refractivity contribution >= 4 is 9.19 Å².